The minimum atomic E-state index is -1.87. The number of benzene rings is 1. The van der Waals surface area contributed by atoms with Crippen LogP contribution in [0.25, 0.3) is 10.9 Å². The van der Waals surface area contributed by atoms with Crippen LogP contribution in [0.15, 0.2) is 40.4 Å². The number of aromatic amines is 1. The standard InChI is InChI=1S/C56H90N18O16S3/c1-28(2)21-36(47(82)65-34(14-15-43(77)78)46(81)72-40(26-91)51(86)67-35(54(89)90)16-20-93-3)69-49(84)38(24-75)71-50(85)39(25-76)70-45(80)33(12-7-18-63-56(60)61)66-52(87)42-13-8-19-74(42)53(88)41(27-92)73-48(83)37(22-29-23-64-32-11-5-4-9-30(29)32)68-44(79)31(57)10-6-17-62-55(58)59/h4-5,9,11,23,28,31,33-42,64,75-76,91-92H,6-8,10,12-22,24-27,57H2,1-3H3,(H,65,82)(H,66,87)(H,67,86)(H,68,79)(H,69,84)(H,70,80)(H,71,85)(H,72,81)(H,73,83)(H,77,78)(H,89,90)(H4,58,59,62)(H4,60,61,63)/t31-,33-,34-,35-,36-,37-,38-,39-,40-,41-,42-/m0/s1. The Balaban J connectivity index is 1.80. The third-order valence-electron chi connectivity index (χ3n) is 14.5. The Morgan fingerprint density at radius 2 is 1.11 bits per heavy atom. The van der Waals surface area contributed by atoms with E-state index in [-0.39, 0.29) is 93.9 Å². The number of rotatable bonds is 42. The van der Waals surface area contributed by atoms with Gasteiger partial charge in [-0.05, 0) is 87.3 Å². The second kappa shape index (κ2) is 40.8. The minimum Gasteiger partial charge on any atom is -0.481 e. The van der Waals surface area contributed by atoms with Gasteiger partial charge in [-0.3, -0.25) is 62.7 Å². The topological polar surface area (TPSA) is 568 Å². The molecule has 518 valence electrons. The second-order valence-corrected chi connectivity index (χ2v) is 23.9. The number of carboxylic acids is 2. The van der Waals surface area contributed by atoms with E-state index in [0.717, 1.165) is 10.9 Å². The van der Waals surface area contributed by atoms with Crippen molar-refractivity contribution in [2.45, 2.75) is 151 Å². The second-order valence-electron chi connectivity index (χ2n) is 22.2. The van der Waals surface area contributed by atoms with Crippen molar-refractivity contribution in [3.63, 3.8) is 0 Å². The summed E-state index contributed by atoms with van der Waals surface area (Å²) in [5.41, 5.74) is 29.4. The molecule has 1 saturated heterocycles. The highest BCUT2D eigenvalue weighted by Crippen LogP contribution is 2.22. The molecule has 10 amide bonds. The number of nitrogens with two attached hydrogens (primary N) is 5. The number of aromatic nitrogens is 1. The van der Waals surface area contributed by atoms with Gasteiger partial charge in [0, 0.05) is 61.1 Å². The molecular formula is C56H90N18O16S3. The van der Waals surface area contributed by atoms with Gasteiger partial charge in [0.2, 0.25) is 59.1 Å². The summed E-state index contributed by atoms with van der Waals surface area (Å²) in [6.07, 6.45) is 2.87. The number of carboxylic acid groups (broad SMARTS) is 2. The first-order chi connectivity index (χ1) is 44.1. The fraction of sp³-hybridized carbons (Fsp3) is 0.607. The van der Waals surface area contributed by atoms with Crippen LogP contribution in [0, 0.1) is 5.92 Å². The zero-order chi connectivity index (χ0) is 69.5. The average molecular weight is 1370 g/mol. The van der Waals surface area contributed by atoms with E-state index in [9.17, 15) is 78.0 Å². The first-order valence-electron chi connectivity index (χ1n) is 29.9. The predicted octanol–water partition coefficient (Wildman–Crippen LogP) is -5.91. The number of likely N-dealkylation sites (tertiary alicyclic amines) is 1. The molecule has 93 heavy (non-hydrogen) atoms. The number of aliphatic carboxylic acids is 2. The van der Waals surface area contributed by atoms with Gasteiger partial charge >= 0.3 is 11.9 Å². The zero-order valence-corrected chi connectivity index (χ0v) is 54.6. The fourth-order valence-corrected chi connectivity index (χ4v) is 10.6. The third-order valence-corrected chi connectivity index (χ3v) is 15.9. The molecule has 0 radical (unpaired) electrons. The van der Waals surface area contributed by atoms with E-state index in [1.54, 1.807) is 32.4 Å². The van der Waals surface area contributed by atoms with Crippen molar-refractivity contribution in [1.82, 2.24) is 57.7 Å². The van der Waals surface area contributed by atoms with Crippen LogP contribution >= 0.6 is 37.0 Å². The van der Waals surface area contributed by atoms with Crippen molar-refractivity contribution in [3.05, 3.63) is 36.0 Å². The maximum Gasteiger partial charge on any atom is 0.326 e. The van der Waals surface area contributed by atoms with Crippen molar-refractivity contribution < 1.29 is 78.0 Å². The monoisotopic (exact) mass is 1370 g/mol. The number of hydrogen-bond donors (Lipinski definition) is 21. The smallest absolute Gasteiger partial charge is 0.326 e. The molecule has 24 N–H and O–H groups in total. The van der Waals surface area contributed by atoms with Crippen molar-refractivity contribution in [2.24, 2.45) is 44.6 Å². The van der Waals surface area contributed by atoms with Gasteiger partial charge in [0.1, 0.15) is 60.4 Å². The van der Waals surface area contributed by atoms with Gasteiger partial charge < -0.3 is 107 Å². The summed E-state index contributed by atoms with van der Waals surface area (Å²) in [4.78, 5) is 174. The molecule has 1 fully saturated rings. The zero-order valence-electron chi connectivity index (χ0n) is 52.0. The molecule has 0 unspecified atom stereocenters. The SMILES string of the molecule is CSCC[C@H](NC(=O)[C@H](CS)NC(=O)[C@H](CCC(=O)O)NC(=O)[C@H](CC(C)C)NC(=O)[C@H](CO)NC(=O)[C@H](CO)NC(=O)[C@H](CCCN=C(N)N)NC(=O)[C@@H]1CCCN1C(=O)[C@H](CS)NC(=O)[C@H](Cc1c[nH]c2ccccc12)NC(=O)[C@@H](N)CCCN=C(N)N)C(=O)O. The summed E-state index contributed by atoms with van der Waals surface area (Å²) in [5.74, 6) is -13.2. The Morgan fingerprint density at radius 1 is 0.624 bits per heavy atom. The van der Waals surface area contributed by atoms with E-state index in [2.05, 4.69) is 88.1 Å². The first kappa shape index (κ1) is 79.1. The quantitative estimate of drug-likeness (QED) is 0.0127. The number of carbonyl (C=O) groups is 12. The van der Waals surface area contributed by atoms with Gasteiger partial charge in [-0.2, -0.15) is 37.0 Å². The van der Waals surface area contributed by atoms with Crippen molar-refractivity contribution in [3.8, 4) is 0 Å². The molecule has 1 aliphatic rings. The number of guanidine groups is 2. The summed E-state index contributed by atoms with van der Waals surface area (Å²) < 4.78 is 0. The number of thioether (sulfide) groups is 1. The van der Waals surface area contributed by atoms with E-state index in [1.807, 2.05) is 18.2 Å². The summed E-state index contributed by atoms with van der Waals surface area (Å²) in [5, 5.41) is 62.6. The van der Waals surface area contributed by atoms with E-state index < -0.39 is 164 Å². The van der Waals surface area contributed by atoms with E-state index in [4.69, 9.17) is 28.7 Å². The van der Waals surface area contributed by atoms with E-state index in [1.165, 1.54) is 16.7 Å². The number of nitrogens with one attached hydrogen (secondary N) is 10. The van der Waals surface area contributed by atoms with Gasteiger partial charge in [-0.25, -0.2) is 4.79 Å². The maximum absolute atomic E-state index is 14.4. The van der Waals surface area contributed by atoms with Crippen molar-refractivity contribution >= 4 is 131 Å². The molecule has 1 aromatic carbocycles. The molecule has 2 aromatic rings. The highest BCUT2D eigenvalue weighted by Gasteiger charge is 2.41. The number of carbonyl (C=O) groups excluding carboxylic acids is 10. The number of aliphatic hydroxyl groups excluding tert-OH is 2. The minimum absolute atomic E-state index is 0.0265. The lowest BCUT2D eigenvalue weighted by Gasteiger charge is -2.30. The number of amides is 10. The molecule has 0 aliphatic carbocycles. The third kappa shape index (κ3) is 26.8. The Bertz CT molecular complexity index is 2950. The highest BCUT2D eigenvalue weighted by molar-refractivity contribution is 7.98. The predicted molar refractivity (Wildman–Crippen MR) is 351 cm³/mol. The Labute approximate surface area is 552 Å². The maximum atomic E-state index is 14.4. The molecule has 37 heteroatoms. The van der Waals surface area contributed by atoms with Crippen LogP contribution in [0.2, 0.25) is 0 Å². The van der Waals surface area contributed by atoms with Crippen LogP contribution < -0.4 is 76.5 Å². The average Bonchev–Trinajstić information content (AvgIpc) is 1.81. The Morgan fingerprint density at radius 3 is 1.66 bits per heavy atom. The van der Waals surface area contributed by atoms with Gasteiger partial charge in [-0.15, -0.1) is 0 Å². The number of H-pyrrole nitrogens is 1. The lowest BCUT2D eigenvalue weighted by atomic mass is 10.0. The number of fused-ring (bicyclic) bond motifs is 1. The molecule has 0 saturated carbocycles. The van der Waals surface area contributed by atoms with Gasteiger partial charge in [-0.1, -0.05) is 32.0 Å². The van der Waals surface area contributed by atoms with Gasteiger partial charge in [0.25, 0.3) is 0 Å². The molecule has 2 heterocycles. The molecule has 0 bridgehead atoms. The molecular weight excluding hydrogens is 1280 g/mol. The lowest BCUT2D eigenvalue weighted by Crippen LogP contribution is -2.61. The van der Waals surface area contributed by atoms with Crippen LogP contribution in [0.4, 0.5) is 0 Å². The summed E-state index contributed by atoms with van der Waals surface area (Å²) in [7, 11) is 0. The van der Waals surface area contributed by atoms with Gasteiger partial charge in [0.15, 0.2) is 11.9 Å². The van der Waals surface area contributed by atoms with Crippen molar-refractivity contribution in [2.75, 3.05) is 56.4 Å². The number of thiol groups is 2. The Kier molecular flexibility index (Phi) is 34.7. The molecule has 1 aromatic heterocycles. The number of hydrogen-bond acceptors (Lipinski definition) is 20. The van der Waals surface area contributed by atoms with Crippen molar-refractivity contribution in [1.29, 1.82) is 0 Å². The lowest BCUT2D eigenvalue weighted by molar-refractivity contribution is -0.142. The summed E-state index contributed by atoms with van der Waals surface area (Å²) in [6.45, 7) is 1.29. The number of aliphatic hydroxyl groups is 2. The van der Waals surface area contributed by atoms with Crippen LogP contribution in [-0.2, 0) is 64.0 Å². The highest BCUT2D eigenvalue weighted by atomic mass is 32.2. The van der Waals surface area contributed by atoms with Crippen LogP contribution in [0.5, 0.6) is 0 Å². The molecule has 1 aliphatic heterocycles. The van der Waals surface area contributed by atoms with E-state index >= 15 is 0 Å². The van der Waals surface area contributed by atoms with Crippen LogP contribution in [-0.4, -0.2) is 236 Å². The van der Waals surface area contributed by atoms with Gasteiger partial charge in [0.05, 0.1) is 19.3 Å². The largest absolute Gasteiger partial charge is 0.481 e. The number of nitrogens with zero attached hydrogens (tertiary/aromatic N) is 3. The number of para-hydroxylation sites is 1. The molecule has 34 nitrogen and oxygen atoms in total. The van der Waals surface area contributed by atoms with Crippen LogP contribution in [0.3, 0.4) is 0 Å². The normalized spacial score (nSPS) is 16.0. The Hall–Kier alpha value is -8.13. The molecule has 0 spiro atoms. The first-order valence-corrected chi connectivity index (χ1v) is 32.6. The molecule has 11 atom stereocenters. The summed E-state index contributed by atoms with van der Waals surface area (Å²) in [6, 6.07) is -8.83. The summed E-state index contributed by atoms with van der Waals surface area (Å²) >= 11 is 9.81. The molecule has 3 rings (SSSR count). The fourth-order valence-electron chi connectivity index (χ4n) is 9.61. The van der Waals surface area contributed by atoms with Crippen LogP contribution in [0.1, 0.15) is 83.6 Å². The van der Waals surface area contributed by atoms with E-state index in [0.29, 0.717) is 24.2 Å². The number of aliphatic imine (C=N–C) groups is 2.